The molecule has 1 atom stereocenters. The number of carbonyl (C=O) groups excluding carboxylic acids is 1. The number of carbonyl (C=O) groups is 1. The number of amides is 1. The van der Waals surface area contributed by atoms with Crippen LogP contribution in [0.4, 0.5) is 11.4 Å². The van der Waals surface area contributed by atoms with Crippen LogP contribution >= 0.6 is 0 Å². The molecule has 0 bridgehead atoms. The Balaban J connectivity index is 1.73. The number of benzene rings is 3. The molecule has 5 nitrogen and oxygen atoms in total. The molecule has 2 heterocycles. The molecule has 2 aliphatic heterocycles. The number of methoxy groups -OCH3 is 2. The molecule has 0 aromatic heterocycles. The summed E-state index contributed by atoms with van der Waals surface area (Å²) in [7, 11) is 3.15. The Morgan fingerprint density at radius 1 is 0.931 bits per heavy atom. The van der Waals surface area contributed by atoms with Crippen LogP contribution in [-0.2, 0) is 0 Å². The molecule has 0 saturated carbocycles. The molecular weight excluding hydrogens is 364 g/mol. The molecule has 29 heavy (non-hydrogen) atoms. The van der Waals surface area contributed by atoms with Gasteiger partial charge in [0.15, 0.2) is 11.5 Å². The normalized spacial score (nSPS) is 17.0. The minimum Gasteiger partial charge on any atom is -0.493 e. The van der Waals surface area contributed by atoms with Gasteiger partial charge in [0.25, 0.3) is 5.91 Å². The lowest BCUT2D eigenvalue weighted by Gasteiger charge is -2.24. The monoisotopic (exact) mass is 384 g/mol. The Bertz CT molecular complexity index is 1140. The Kier molecular flexibility index (Phi) is 4.09. The van der Waals surface area contributed by atoms with Gasteiger partial charge < -0.3 is 9.47 Å². The van der Waals surface area contributed by atoms with E-state index in [2.05, 4.69) is 12.1 Å². The predicted molar refractivity (Wildman–Crippen MR) is 113 cm³/mol. The van der Waals surface area contributed by atoms with Crippen molar-refractivity contribution in [2.45, 2.75) is 12.5 Å². The summed E-state index contributed by atoms with van der Waals surface area (Å²) in [6.45, 7) is 0. The number of nitrogens with zero attached hydrogens (tertiary/aromatic N) is 2. The number of aliphatic imine (C=N–C) groups is 1. The van der Waals surface area contributed by atoms with E-state index in [0.29, 0.717) is 23.5 Å². The summed E-state index contributed by atoms with van der Waals surface area (Å²) in [5.74, 6) is 0.957. The van der Waals surface area contributed by atoms with Crippen LogP contribution < -0.4 is 14.4 Å². The second kappa shape index (κ2) is 6.78. The van der Waals surface area contributed by atoms with Crippen molar-refractivity contribution < 1.29 is 14.3 Å². The van der Waals surface area contributed by atoms with Gasteiger partial charge in [-0.3, -0.25) is 14.7 Å². The van der Waals surface area contributed by atoms with Crippen LogP contribution in [0.25, 0.3) is 0 Å². The molecule has 5 heteroatoms. The summed E-state index contributed by atoms with van der Waals surface area (Å²) in [5.41, 5.74) is 5.13. The molecule has 0 spiro atoms. The van der Waals surface area contributed by atoms with E-state index in [1.54, 1.807) is 14.2 Å². The SMILES string of the molecule is COc1ccc2c(c1OC)C(=O)N1c3ccccc3N=C(c3ccccc3)C[C@@H]21. The van der Waals surface area contributed by atoms with Crippen molar-refractivity contribution in [1.29, 1.82) is 0 Å². The third kappa shape index (κ3) is 2.62. The van der Waals surface area contributed by atoms with E-state index in [9.17, 15) is 4.79 Å². The minimum absolute atomic E-state index is 0.0855. The third-order valence-corrected chi connectivity index (χ3v) is 5.57. The van der Waals surface area contributed by atoms with Gasteiger partial charge in [-0.1, -0.05) is 48.5 Å². The lowest BCUT2D eigenvalue weighted by Crippen LogP contribution is -2.28. The summed E-state index contributed by atoms with van der Waals surface area (Å²) < 4.78 is 11.0. The predicted octanol–water partition coefficient (Wildman–Crippen LogP) is 4.93. The zero-order chi connectivity index (χ0) is 20.0. The number of para-hydroxylation sites is 2. The van der Waals surface area contributed by atoms with Gasteiger partial charge in [-0.2, -0.15) is 0 Å². The first-order valence-electron chi connectivity index (χ1n) is 9.53. The van der Waals surface area contributed by atoms with Gasteiger partial charge in [0.2, 0.25) is 0 Å². The molecule has 144 valence electrons. The fourth-order valence-electron chi connectivity index (χ4n) is 4.27. The largest absolute Gasteiger partial charge is 0.493 e. The summed E-state index contributed by atoms with van der Waals surface area (Å²) >= 11 is 0. The van der Waals surface area contributed by atoms with Crippen molar-refractivity contribution in [2.24, 2.45) is 4.99 Å². The summed E-state index contributed by atoms with van der Waals surface area (Å²) in [6.07, 6.45) is 0.618. The zero-order valence-electron chi connectivity index (χ0n) is 16.3. The van der Waals surface area contributed by atoms with Crippen LogP contribution in [0.3, 0.4) is 0 Å². The first-order chi connectivity index (χ1) is 14.2. The van der Waals surface area contributed by atoms with Gasteiger partial charge in [0.05, 0.1) is 42.9 Å². The topological polar surface area (TPSA) is 51.1 Å². The van der Waals surface area contributed by atoms with E-state index in [4.69, 9.17) is 14.5 Å². The first-order valence-corrected chi connectivity index (χ1v) is 9.53. The van der Waals surface area contributed by atoms with Crippen LogP contribution in [0, 0.1) is 0 Å². The molecule has 3 aromatic rings. The highest BCUT2D eigenvalue weighted by Gasteiger charge is 2.43. The number of anilines is 1. The smallest absolute Gasteiger partial charge is 0.263 e. The van der Waals surface area contributed by atoms with Crippen LogP contribution in [0.2, 0.25) is 0 Å². The number of hydrogen-bond acceptors (Lipinski definition) is 4. The molecule has 1 amide bonds. The summed E-state index contributed by atoms with van der Waals surface area (Å²) in [4.78, 5) is 20.4. The first kappa shape index (κ1) is 17.5. The maximum absolute atomic E-state index is 13.6. The fraction of sp³-hybridized carbons (Fsp3) is 0.167. The highest BCUT2D eigenvalue weighted by molar-refractivity contribution is 6.17. The quantitative estimate of drug-likeness (QED) is 0.643. The minimum atomic E-state index is -0.153. The van der Waals surface area contributed by atoms with E-state index >= 15 is 0 Å². The van der Waals surface area contributed by atoms with Crippen LogP contribution in [-0.4, -0.2) is 25.8 Å². The molecule has 5 rings (SSSR count). The number of fused-ring (bicyclic) bond motifs is 5. The Labute approximate surface area is 169 Å². The second-order valence-corrected chi connectivity index (χ2v) is 7.07. The second-order valence-electron chi connectivity index (χ2n) is 7.07. The number of rotatable bonds is 3. The van der Waals surface area contributed by atoms with Gasteiger partial charge in [-0.25, -0.2) is 0 Å². The van der Waals surface area contributed by atoms with Crippen molar-refractivity contribution in [3.8, 4) is 11.5 Å². The Hall–Kier alpha value is -3.60. The average Bonchev–Trinajstić information content (AvgIpc) is 2.94. The van der Waals surface area contributed by atoms with Gasteiger partial charge >= 0.3 is 0 Å². The molecule has 0 saturated heterocycles. The third-order valence-electron chi connectivity index (χ3n) is 5.57. The van der Waals surface area contributed by atoms with Crippen molar-refractivity contribution in [1.82, 2.24) is 0 Å². The average molecular weight is 384 g/mol. The number of hydrogen-bond donors (Lipinski definition) is 0. The van der Waals surface area contributed by atoms with Crippen LogP contribution in [0.1, 0.15) is 33.9 Å². The van der Waals surface area contributed by atoms with Crippen molar-refractivity contribution in [2.75, 3.05) is 19.1 Å². The summed E-state index contributed by atoms with van der Waals surface area (Å²) in [5, 5.41) is 0. The van der Waals surface area contributed by atoms with Crippen molar-refractivity contribution in [3.05, 3.63) is 83.4 Å². The molecular formula is C24H20N2O3. The fourth-order valence-corrected chi connectivity index (χ4v) is 4.27. The van der Waals surface area contributed by atoms with E-state index in [0.717, 1.165) is 28.2 Å². The molecule has 2 aliphatic rings. The highest BCUT2D eigenvalue weighted by atomic mass is 16.5. The van der Waals surface area contributed by atoms with Gasteiger partial charge in [-0.05, 0) is 29.3 Å². The molecule has 3 aromatic carbocycles. The van der Waals surface area contributed by atoms with E-state index in [1.807, 2.05) is 59.5 Å². The molecule has 0 unspecified atom stereocenters. The Morgan fingerprint density at radius 2 is 1.69 bits per heavy atom. The van der Waals surface area contributed by atoms with Crippen LogP contribution in [0.15, 0.2) is 71.7 Å². The molecule has 0 fully saturated rings. The molecule has 0 N–H and O–H groups in total. The van der Waals surface area contributed by atoms with Gasteiger partial charge in [-0.15, -0.1) is 0 Å². The maximum Gasteiger partial charge on any atom is 0.263 e. The van der Waals surface area contributed by atoms with Crippen molar-refractivity contribution >= 4 is 23.0 Å². The van der Waals surface area contributed by atoms with E-state index in [1.165, 1.54) is 0 Å². The lowest BCUT2D eigenvalue weighted by molar-refractivity contribution is 0.0989. The van der Waals surface area contributed by atoms with Gasteiger partial charge in [0.1, 0.15) is 0 Å². The van der Waals surface area contributed by atoms with E-state index < -0.39 is 0 Å². The standard InChI is InChI=1S/C24H20N2O3/c1-28-21-13-12-16-20-14-18(15-8-4-3-5-9-15)25-17-10-6-7-11-19(17)26(20)24(27)22(16)23(21)29-2/h3-13,20H,14H2,1-2H3/t20-/m0/s1. The van der Waals surface area contributed by atoms with Gasteiger partial charge in [0, 0.05) is 6.42 Å². The number of ether oxygens (including phenoxy) is 2. The summed E-state index contributed by atoms with van der Waals surface area (Å²) in [6, 6.07) is 21.6. The zero-order valence-corrected chi connectivity index (χ0v) is 16.3. The lowest BCUT2D eigenvalue weighted by atomic mass is 9.96. The van der Waals surface area contributed by atoms with Crippen LogP contribution in [0.5, 0.6) is 11.5 Å². The molecule has 0 aliphatic carbocycles. The Morgan fingerprint density at radius 3 is 2.45 bits per heavy atom. The molecule has 0 radical (unpaired) electrons. The highest BCUT2D eigenvalue weighted by Crippen LogP contribution is 2.50. The van der Waals surface area contributed by atoms with Crippen molar-refractivity contribution in [3.63, 3.8) is 0 Å². The maximum atomic E-state index is 13.6. The van der Waals surface area contributed by atoms with E-state index in [-0.39, 0.29) is 11.9 Å².